The van der Waals surface area contributed by atoms with Gasteiger partial charge in [-0.2, -0.15) is 0 Å². The van der Waals surface area contributed by atoms with E-state index in [4.69, 9.17) is 9.47 Å². The molecule has 0 bridgehead atoms. The predicted molar refractivity (Wildman–Crippen MR) is 112 cm³/mol. The number of benzene rings is 2. The van der Waals surface area contributed by atoms with Crippen molar-refractivity contribution in [1.82, 2.24) is 4.90 Å². The number of carbonyl (C=O) groups is 2. The number of hydrogen-bond donors (Lipinski definition) is 1. The zero-order valence-corrected chi connectivity index (χ0v) is 17.5. The summed E-state index contributed by atoms with van der Waals surface area (Å²) in [7, 11) is 0. The summed E-state index contributed by atoms with van der Waals surface area (Å²) < 4.78 is 11.1. The first-order chi connectivity index (χ1) is 14.2. The van der Waals surface area contributed by atoms with Gasteiger partial charge in [0.05, 0.1) is 12.6 Å². The van der Waals surface area contributed by atoms with Gasteiger partial charge in [0.15, 0.2) is 0 Å². The van der Waals surface area contributed by atoms with E-state index in [-0.39, 0.29) is 25.5 Å². The maximum Gasteiger partial charge on any atom is 0.410 e. The molecule has 1 heterocycles. The molecule has 1 aliphatic carbocycles. The fourth-order valence-electron chi connectivity index (χ4n) is 4.29. The summed E-state index contributed by atoms with van der Waals surface area (Å²) in [6.07, 6.45) is -1.23. The minimum absolute atomic E-state index is 0.0561. The van der Waals surface area contributed by atoms with Crippen molar-refractivity contribution in [2.24, 2.45) is 0 Å². The van der Waals surface area contributed by atoms with Gasteiger partial charge in [0, 0.05) is 12.3 Å². The van der Waals surface area contributed by atoms with Crippen molar-refractivity contribution in [2.45, 2.75) is 50.9 Å². The van der Waals surface area contributed by atoms with Gasteiger partial charge >= 0.3 is 12.1 Å². The zero-order chi connectivity index (χ0) is 21.5. The first-order valence-corrected chi connectivity index (χ1v) is 10.3. The Morgan fingerprint density at radius 1 is 1.03 bits per heavy atom. The van der Waals surface area contributed by atoms with Gasteiger partial charge in [-0.1, -0.05) is 48.5 Å². The molecule has 2 aliphatic rings. The number of amides is 1. The summed E-state index contributed by atoms with van der Waals surface area (Å²) in [5.74, 6) is -0.582. The van der Waals surface area contributed by atoms with E-state index in [0.717, 1.165) is 22.3 Å². The highest BCUT2D eigenvalue weighted by atomic mass is 16.6. The number of fused-ring (bicyclic) bond motifs is 3. The number of aliphatic hydroxyl groups is 1. The molecule has 2 atom stereocenters. The Morgan fingerprint density at radius 3 is 2.17 bits per heavy atom. The van der Waals surface area contributed by atoms with Crippen LogP contribution >= 0.6 is 0 Å². The fourth-order valence-corrected chi connectivity index (χ4v) is 4.29. The monoisotopic (exact) mass is 409 g/mol. The SMILES string of the molecule is CC(C)(C)OC(=O)[C@H]1C[C@H](O)CN1C(=O)OCC1c2ccccc2-c2ccccc21. The summed E-state index contributed by atoms with van der Waals surface area (Å²) >= 11 is 0. The summed E-state index contributed by atoms with van der Waals surface area (Å²) in [6.45, 7) is 5.54. The van der Waals surface area contributed by atoms with E-state index in [1.165, 1.54) is 4.90 Å². The minimum Gasteiger partial charge on any atom is -0.458 e. The summed E-state index contributed by atoms with van der Waals surface area (Å²) in [5, 5.41) is 10.0. The topological polar surface area (TPSA) is 76.1 Å². The normalized spacial score (nSPS) is 20.6. The predicted octanol–water partition coefficient (Wildman–Crippen LogP) is 3.71. The molecule has 1 N–H and O–H groups in total. The third-order valence-electron chi connectivity index (χ3n) is 5.53. The zero-order valence-electron chi connectivity index (χ0n) is 17.5. The average molecular weight is 409 g/mol. The molecule has 6 heteroatoms. The standard InChI is InChI=1S/C24H27NO5/c1-24(2,3)30-22(27)21-12-15(26)13-25(21)23(28)29-14-20-18-10-6-4-8-16(18)17-9-5-7-11-19(17)20/h4-11,15,20-21,26H,12-14H2,1-3H3/t15-,21+/m0/s1. The number of aliphatic hydroxyl groups excluding tert-OH is 1. The molecule has 4 rings (SSSR count). The third kappa shape index (κ3) is 3.92. The number of β-amino-alcohol motifs (C(OH)–C–C–N with tert-alkyl or cyclic N) is 1. The van der Waals surface area contributed by atoms with Crippen molar-refractivity contribution in [3.05, 3.63) is 59.7 Å². The van der Waals surface area contributed by atoms with Gasteiger partial charge in [-0.25, -0.2) is 9.59 Å². The van der Waals surface area contributed by atoms with Crippen LogP contribution in [0.3, 0.4) is 0 Å². The first-order valence-electron chi connectivity index (χ1n) is 10.3. The second kappa shape index (κ2) is 7.76. The van der Waals surface area contributed by atoms with E-state index in [9.17, 15) is 14.7 Å². The molecule has 1 fully saturated rings. The molecule has 0 radical (unpaired) electrons. The number of rotatable bonds is 3. The number of likely N-dealkylation sites (tertiary alicyclic amines) is 1. The van der Waals surface area contributed by atoms with Gasteiger partial charge < -0.3 is 14.6 Å². The lowest BCUT2D eigenvalue weighted by atomic mass is 9.98. The van der Waals surface area contributed by atoms with E-state index in [0.29, 0.717) is 0 Å². The molecule has 1 saturated heterocycles. The van der Waals surface area contributed by atoms with Crippen LogP contribution in [-0.2, 0) is 14.3 Å². The summed E-state index contributed by atoms with van der Waals surface area (Å²) in [6, 6.07) is 15.4. The lowest BCUT2D eigenvalue weighted by Gasteiger charge is -2.27. The Labute approximate surface area is 176 Å². The van der Waals surface area contributed by atoms with Crippen LogP contribution in [0.4, 0.5) is 4.79 Å². The van der Waals surface area contributed by atoms with Crippen molar-refractivity contribution in [2.75, 3.05) is 13.2 Å². The van der Waals surface area contributed by atoms with Crippen LogP contribution in [0.5, 0.6) is 0 Å². The Balaban J connectivity index is 1.49. The van der Waals surface area contributed by atoms with Gasteiger partial charge in [-0.15, -0.1) is 0 Å². The van der Waals surface area contributed by atoms with Crippen LogP contribution in [0.2, 0.25) is 0 Å². The van der Waals surface area contributed by atoms with E-state index in [1.807, 2.05) is 24.3 Å². The Bertz CT molecular complexity index is 919. The Kier molecular flexibility index (Phi) is 5.28. The number of ether oxygens (including phenoxy) is 2. The lowest BCUT2D eigenvalue weighted by Crippen LogP contribution is -2.44. The lowest BCUT2D eigenvalue weighted by molar-refractivity contribution is -0.159. The van der Waals surface area contributed by atoms with Crippen LogP contribution in [-0.4, -0.2) is 53.0 Å². The van der Waals surface area contributed by atoms with Crippen LogP contribution in [0.15, 0.2) is 48.5 Å². The van der Waals surface area contributed by atoms with E-state index in [1.54, 1.807) is 20.8 Å². The highest BCUT2D eigenvalue weighted by Crippen LogP contribution is 2.44. The second-order valence-electron chi connectivity index (χ2n) is 8.90. The van der Waals surface area contributed by atoms with E-state index < -0.39 is 29.8 Å². The molecule has 0 spiro atoms. The van der Waals surface area contributed by atoms with Gasteiger partial charge in [0.25, 0.3) is 0 Å². The molecule has 2 aromatic rings. The molecule has 1 aliphatic heterocycles. The summed E-state index contributed by atoms with van der Waals surface area (Å²) in [5.41, 5.74) is 3.88. The highest BCUT2D eigenvalue weighted by molar-refractivity contribution is 5.83. The summed E-state index contributed by atoms with van der Waals surface area (Å²) in [4.78, 5) is 26.6. The molecule has 0 unspecified atom stereocenters. The second-order valence-corrected chi connectivity index (χ2v) is 8.90. The molecule has 158 valence electrons. The van der Waals surface area contributed by atoms with Crippen molar-refractivity contribution in [1.29, 1.82) is 0 Å². The maximum absolute atomic E-state index is 12.8. The number of nitrogens with zero attached hydrogens (tertiary/aromatic N) is 1. The Morgan fingerprint density at radius 2 is 1.60 bits per heavy atom. The Hall–Kier alpha value is -2.86. The smallest absolute Gasteiger partial charge is 0.410 e. The van der Waals surface area contributed by atoms with E-state index in [2.05, 4.69) is 24.3 Å². The van der Waals surface area contributed by atoms with Crippen molar-refractivity contribution < 1.29 is 24.2 Å². The number of hydrogen-bond acceptors (Lipinski definition) is 5. The van der Waals surface area contributed by atoms with Crippen LogP contribution in [0.25, 0.3) is 11.1 Å². The molecule has 1 amide bonds. The largest absolute Gasteiger partial charge is 0.458 e. The average Bonchev–Trinajstić information content (AvgIpc) is 3.23. The van der Waals surface area contributed by atoms with Crippen molar-refractivity contribution in [3.8, 4) is 11.1 Å². The quantitative estimate of drug-likeness (QED) is 0.782. The molecular weight excluding hydrogens is 382 g/mol. The van der Waals surface area contributed by atoms with E-state index >= 15 is 0 Å². The number of carbonyl (C=O) groups excluding carboxylic acids is 2. The fraction of sp³-hybridized carbons (Fsp3) is 0.417. The highest BCUT2D eigenvalue weighted by Gasteiger charge is 2.42. The first kappa shape index (κ1) is 20.4. The van der Waals surface area contributed by atoms with Crippen molar-refractivity contribution >= 4 is 12.1 Å². The van der Waals surface area contributed by atoms with Crippen LogP contribution in [0, 0.1) is 0 Å². The molecule has 30 heavy (non-hydrogen) atoms. The van der Waals surface area contributed by atoms with Crippen LogP contribution in [0.1, 0.15) is 44.2 Å². The molecule has 0 aromatic heterocycles. The van der Waals surface area contributed by atoms with Gasteiger partial charge in [0.1, 0.15) is 18.2 Å². The minimum atomic E-state index is -0.838. The third-order valence-corrected chi connectivity index (χ3v) is 5.53. The number of esters is 1. The molecule has 2 aromatic carbocycles. The van der Waals surface area contributed by atoms with Gasteiger partial charge in [0.2, 0.25) is 0 Å². The van der Waals surface area contributed by atoms with Gasteiger partial charge in [-0.05, 0) is 43.0 Å². The molecular formula is C24H27NO5. The van der Waals surface area contributed by atoms with Crippen LogP contribution < -0.4 is 0 Å². The van der Waals surface area contributed by atoms with Gasteiger partial charge in [-0.3, -0.25) is 4.90 Å². The maximum atomic E-state index is 12.8. The molecule has 6 nitrogen and oxygen atoms in total. The van der Waals surface area contributed by atoms with Crippen molar-refractivity contribution in [3.63, 3.8) is 0 Å². The molecule has 0 saturated carbocycles.